The predicted molar refractivity (Wildman–Crippen MR) is 111 cm³/mol. The van der Waals surface area contributed by atoms with E-state index in [-0.39, 0.29) is 5.56 Å². The number of fused-ring (bicyclic) bond motifs is 1. The van der Waals surface area contributed by atoms with Gasteiger partial charge in [0, 0.05) is 5.75 Å². The van der Waals surface area contributed by atoms with Crippen LogP contribution in [0.1, 0.15) is 11.3 Å². The van der Waals surface area contributed by atoms with E-state index in [1.54, 1.807) is 16.9 Å². The van der Waals surface area contributed by atoms with E-state index in [4.69, 9.17) is 14.1 Å². The van der Waals surface area contributed by atoms with E-state index in [0.29, 0.717) is 35.0 Å². The Morgan fingerprint density at radius 2 is 1.89 bits per heavy atom. The molecule has 0 spiro atoms. The molecule has 0 atom stereocenters. The highest BCUT2D eigenvalue weighted by atomic mass is 32.2. The zero-order valence-corrected chi connectivity index (χ0v) is 16.3. The molecule has 2 aromatic heterocycles. The van der Waals surface area contributed by atoms with Crippen molar-refractivity contribution in [3.05, 3.63) is 88.6 Å². The Bertz CT molecular complexity index is 1120. The summed E-state index contributed by atoms with van der Waals surface area (Å²) < 4.78 is 12.9. The SMILES string of the molecule is Cc1ccc(OCCSc2nc3ccccc3c(=O)n2Cc2ccco2)cc1. The third kappa shape index (κ3) is 4.12. The standard InChI is InChI=1S/C22H20N2O3S/c1-16-8-10-17(11-9-16)27-13-14-28-22-23-20-7-3-2-6-19(20)21(25)24(22)15-18-5-4-12-26-18/h2-12H,13-15H2,1H3. The van der Waals surface area contributed by atoms with Crippen LogP contribution < -0.4 is 10.3 Å². The highest BCUT2D eigenvalue weighted by molar-refractivity contribution is 7.99. The summed E-state index contributed by atoms with van der Waals surface area (Å²) >= 11 is 1.51. The number of ether oxygens (including phenoxy) is 1. The smallest absolute Gasteiger partial charge is 0.262 e. The Morgan fingerprint density at radius 3 is 2.68 bits per heavy atom. The minimum Gasteiger partial charge on any atom is -0.493 e. The first kappa shape index (κ1) is 18.4. The van der Waals surface area contributed by atoms with E-state index >= 15 is 0 Å². The monoisotopic (exact) mass is 392 g/mol. The van der Waals surface area contributed by atoms with Crippen LogP contribution in [0.15, 0.2) is 81.3 Å². The molecular weight excluding hydrogens is 372 g/mol. The minimum atomic E-state index is -0.0658. The summed E-state index contributed by atoms with van der Waals surface area (Å²) in [5, 5.41) is 1.27. The number of para-hydroxylation sites is 1. The number of aryl methyl sites for hydroxylation is 1. The predicted octanol–water partition coefficient (Wildman–Crippen LogP) is 4.52. The normalized spacial score (nSPS) is 11.0. The maximum Gasteiger partial charge on any atom is 0.262 e. The van der Waals surface area contributed by atoms with Crippen molar-refractivity contribution in [3.63, 3.8) is 0 Å². The van der Waals surface area contributed by atoms with Crippen LogP contribution >= 0.6 is 11.8 Å². The van der Waals surface area contributed by atoms with Gasteiger partial charge >= 0.3 is 0 Å². The fourth-order valence-corrected chi connectivity index (χ4v) is 3.70. The summed E-state index contributed by atoms with van der Waals surface area (Å²) in [5.41, 5.74) is 1.83. The Balaban J connectivity index is 1.54. The molecular formula is C22H20N2O3S. The van der Waals surface area contributed by atoms with Crippen molar-refractivity contribution in [2.24, 2.45) is 0 Å². The average Bonchev–Trinajstić information content (AvgIpc) is 3.22. The van der Waals surface area contributed by atoms with E-state index in [9.17, 15) is 4.79 Å². The van der Waals surface area contributed by atoms with Crippen LogP contribution in [0.25, 0.3) is 10.9 Å². The van der Waals surface area contributed by atoms with Crippen LogP contribution in [-0.4, -0.2) is 21.9 Å². The first-order valence-electron chi connectivity index (χ1n) is 9.05. The van der Waals surface area contributed by atoms with Gasteiger partial charge < -0.3 is 9.15 Å². The second-order valence-electron chi connectivity index (χ2n) is 6.39. The summed E-state index contributed by atoms with van der Waals surface area (Å²) in [6.45, 7) is 2.92. The lowest BCUT2D eigenvalue weighted by atomic mass is 10.2. The number of thioether (sulfide) groups is 1. The number of benzene rings is 2. The number of hydrogen-bond donors (Lipinski definition) is 0. The van der Waals surface area contributed by atoms with Gasteiger partial charge in [0.15, 0.2) is 5.16 Å². The Hall–Kier alpha value is -2.99. The van der Waals surface area contributed by atoms with Gasteiger partial charge in [0.1, 0.15) is 11.5 Å². The molecule has 0 aliphatic heterocycles. The molecule has 0 bridgehead atoms. The minimum absolute atomic E-state index is 0.0658. The molecule has 2 heterocycles. The number of aromatic nitrogens is 2. The lowest BCUT2D eigenvalue weighted by molar-refractivity contribution is 0.343. The van der Waals surface area contributed by atoms with Crippen molar-refractivity contribution in [1.82, 2.24) is 9.55 Å². The molecule has 142 valence electrons. The number of nitrogens with zero attached hydrogens (tertiary/aromatic N) is 2. The fraction of sp³-hybridized carbons (Fsp3) is 0.182. The molecule has 0 aliphatic rings. The molecule has 0 saturated heterocycles. The average molecular weight is 392 g/mol. The summed E-state index contributed by atoms with van der Waals surface area (Å²) in [4.78, 5) is 17.7. The van der Waals surface area contributed by atoms with E-state index in [0.717, 1.165) is 11.5 Å². The van der Waals surface area contributed by atoms with Gasteiger partial charge in [-0.2, -0.15) is 0 Å². The molecule has 0 aliphatic carbocycles. The van der Waals surface area contributed by atoms with Crippen LogP contribution in [0.5, 0.6) is 5.75 Å². The van der Waals surface area contributed by atoms with Crippen LogP contribution in [0.2, 0.25) is 0 Å². The van der Waals surface area contributed by atoms with E-state index in [1.807, 2.05) is 61.5 Å². The molecule has 6 heteroatoms. The van der Waals surface area contributed by atoms with Crippen LogP contribution in [0.4, 0.5) is 0 Å². The maximum absolute atomic E-state index is 13.0. The summed E-state index contributed by atoms with van der Waals surface area (Å²) in [6.07, 6.45) is 1.61. The van der Waals surface area contributed by atoms with E-state index in [2.05, 4.69) is 0 Å². The highest BCUT2D eigenvalue weighted by Crippen LogP contribution is 2.20. The Labute approximate surface area is 167 Å². The molecule has 0 saturated carbocycles. The maximum atomic E-state index is 13.0. The van der Waals surface area contributed by atoms with Crippen LogP contribution in [0, 0.1) is 6.92 Å². The zero-order chi connectivity index (χ0) is 19.3. The molecule has 0 unspecified atom stereocenters. The van der Waals surface area contributed by atoms with Gasteiger partial charge in [-0.1, -0.05) is 41.6 Å². The van der Waals surface area contributed by atoms with Crippen molar-refractivity contribution < 1.29 is 9.15 Å². The van der Waals surface area contributed by atoms with Gasteiger partial charge in [-0.15, -0.1) is 0 Å². The van der Waals surface area contributed by atoms with Gasteiger partial charge in [-0.25, -0.2) is 4.98 Å². The van der Waals surface area contributed by atoms with Crippen molar-refractivity contribution in [2.45, 2.75) is 18.6 Å². The van der Waals surface area contributed by atoms with Gasteiger partial charge in [0.2, 0.25) is 0 Å². The Kier molecular flexibility index (Phi) is 5.48. The lowest BCUT2D eigenvalue weighted by Gasteiger charge is -2.12. The van der Waals surface area contributed by atoms with Gasteiger partial charge in [0.05, 0.1) is 30.3 Å². The highest BCUT2D eigenvalue weighted by Gasteiger charge is 2.13. The third-order valence-electron chi connectivity index (χ3n) is 4.32. The fourth-order valence-electron chi connectivity index (χ4n) is 2.88. The van der Waals surface area contributed by atoms with Crippen LogP contribution in [-0.2, 0) is 6.54 Å². The molecule has 0 amide bonds. The largest absolute Gasteiger partial charge is 0.493 e. The van der Waals surface area contributed by atoms with E-state index < -0.39 is 0 Å². The lowest BCUT2D eigenvalue weighted by Crippen LogP contribution is -2.24. The van der Waals surface area contributed by atoms with E-state index in [1.165, 1.54) is 17.3 Å². The molecule has 28 heavy (non-hydrogen) atoms. The quantitative estimate of drug-likeness (QED) is 0.263. The first-order valence-corrected chi connectivity index (χ1v) is 10.0. The molecule has 0 fully saturated rings. The second-order valence-corrected chi connectivity index (χ2v) is 7.45. The summed E-state index contributed by atoms with van der Waals surface area (Å²) in [7, 11) is 0. The van der Waals surface area contributed by atoms with Crippen molar-refractivity contribution in [1.29, 1.82) is 0 Å². The van der Waals surface area contributed by atoms with Gasteiger partial charge in [-0.3, -0.25) is 9.36 Å². The number of rotatable bonds is 7. The summed E-state index contributed by atoms with van der Waals surface area (Å²) in [6, 6.07) is 19.0. The first-order chi connectivity index (χ1) is 13.7. The molecule has 0 N–H and O–H groups in total. The Morgan fingerprint density at radius 1 is 1.07 bits per heavy atom. The molecule has 0 radical (unpaired) electrons. The summed E-state index contributed by atoms with van der Waals surface area (Å²) in [5.74, 6) is 2.24. The third-order valence-corrected chi connectivity index (χ3v) is 5.27. The number of furan rings is 1. The molecule has 4 aromatic rings. The molecule has 2 aromatic carbocycles. The van der Waals surface area contributed by atoms with Crippen molar-refractivity contribution in [2.75, 3.05) is 12.4 Å². The van der Waals surface area contributed by atoms with Crippen molar-refractivity contribution >= 4 is 22.7 Å². The molecule has 4 rings (SSSR count). The topological polar surface area (TPSA) is 57.3 Å². The second kappa shape index (κ2) is 8.35. The van der Waals surface area contributed by atoms with Crippen molar-refractivity contribution in [3.8, 4) is 5.75 Å². The van der Waals surface area contributed by atoms with Gasteiger partial charge in [-0.05, 0) is 43.3 Å². The zero-order valence-electron chi connectivity index (χ0n) is 15.5. The molecule has 5 nitrogen and oxygen atoms in total. The van der Waals surface area contributed by atoms with Gasteiger partial charge in [0.25, 0.3) is 5.56 Å². The number of hydrogen-bond acceptors (Lipinski definition) is 5. The van der Waals surface area contributed by atoms with Crippen LogP contribution in [0.3, 0.4) is 0 Å².